The predicted molar refractivity (Wildman–Crippen MR) is 86.0 cm³/mol. The molecule has 2 rings (SSSR count). The number of ether oxygens (including phenoxy) is 1. The summed E-state index contributed by atoms with van der Waals surface area (Å²) in [4.78, 5) is 23.2. The first-order chi connectivity index (χ1) is 11.0. The van der Waals surface area contributed by atoms with Crippen LogP contribution in [0, 0.1) is 13.8 Å². The van der Waals surface area contributed by atoms with Gasteiger partial charge in [0.05, 0.1) is 12.1 Å². The highest BCUT2D eigenvalue weighted by molar-refractivity contribution is 5.96. The van der Waals surface area contributed by atoms with Crippen LogP contribution in [0.1, 0.15) is 21.7 Å². The number of hydrogen-bond donors (Lipinski definition) is 2. The summed E-state index contributed by atoms with van der Waals surface area (Å²) in [6.07, 6.45) is -1.06. The minimum atomic E-state index is -1.11. The number of aryl methyl sites for hydroxylation is 1. The van der Waals surface area contributed by atoms with Crippen LogP contribution in [0.5, 0.6) is 0 Å². The Labute approximate surface area is 134 Å². The number of carboxylic acid groups (broad SMARTS) is 1. The van der Waals surface area contributed by atoms with Crippen LogP contribution >= 0.6 is 0 Å². The number of amides is 1. The Morgan fingerprint density at radius 2 is 1.91 bits per heavy atom. The fraction of sp³-hybridized carbons (Fsp3) is 0.294. The van der Waals surface area contributed by atoms with Gasteiger partial charge in [0.25, 0.3) is 5.91 Å². The molecular weight excluding hydrogens is 296 g/mol. The van der Waals surface area contributed by atoms with E-state index in [0.29, 0.717) is 5.56 Å². The van der Waals surface area contributed by atoms with Gasteiger partial charge in [-0.15, -0.1) is 0 Å². The van der Waals surface area contributed by atoms with Crippen LogP contribution in [0.25, 0.3) is 5.69 Å². The zero-order chi connectivity index (χ0) is 17.0. The van der Waals surface area contributed by atoms with Crippen molar-refractivity contribution in [1.29, 1.82) is 0 Å². The van der Waals surface area contributed by atoms with Crippen LogP contribution in [0.2, 0.25) is 0 Å². The first-order valence-corrected chi connectivity index (χ1v) is 7.24. The van der Waals surface area contributed by atoms with Gasteiger partial charge in [-0.3, -0.25) is 4.79 Å². The molecule has 1 amide bonds. The van der Waals surface area contributed by atoms with Crippen LogP contribution in [-0.4, -0.2) is 41.3 Å². The largest absolute Gasteiger partial charge is 0.479 e. The van der Waals surface area contributed by atoms with Gasteiger partial charge in [-0.2, -0.15) is 0 Å². The second kappa shape index (κ2) is 7.11. The van der Waals surface area contributed by atoms with E-state index in [2.05, 4.69) is 5.32 Å². The Morgan fingerprint density at radius 3 is 2.48 bits per heavy atom. The first-order valence-electron chi connectivity index (χ1n) is 7.24. The molecule has 0 saturated carbocycles. The third kappa shape index (κ3) is 3.60. The van der Waals surface area contributed by atoms with Crippen molar-refractivity contribution in [3.05, 3.63) is 53.3 Å². The summed E-state index contributed by atoms with van der Waals surface area (Å²) < 4.78 is 6.79. The number of rotatable bonds is 6. The highest BCUT2D eigenvalue weighted by Gasteiger charge is 2.20. The normalized spacial score (nSPS) is 12.0. The molecule has 0 aliphatic carbocycles. The Kier molecular flexibility index (Phi) is 5.18. The van der Waals surface area contributed by atoms with Gasteiger partial charge in [-0.1, -0.05) is 18.2 Å². The molecule has 2 aromatic rings. The lowest BCUT2D eigenvalue weighted by Gasteiger charge is -2.12. The van der Waals surface area contributed by atoms with Gasteiger partial charge in [0, 0.05) is 24.2 Å². The van der Waals surface area contributed by atoms with Crippen molar-refractivity contribution in [2.45, 2.75) is 20.0 Å². The molecule has 0 spiro atoms. The summed E-state index contributed by atoms with van der Waals surface area (Å²) in [5.41, 5.74) is 3.23. The van der Waals surface area contributed by atoms with Gasteiger partial charge < -0.3 is 19.7 Å². The van der Waals surface area contributed by atoms with E-state index in [9.17, 15) is 9.59 Å². The monoisotopic (exact) mass is 316 g/mol. The van der Waals surface area contributed by atoms with E-state index in [-0.39, 0.29) is 12.5 Å². The van der Waals surface area contributed by atoms with E-state index in [1.165, 1.54) is 7.11 Å². The number of carbonyl (C=O) groups is 2. The summed E-state index contributed by atoms with van der Waals surface area (Å²) in [5.74, 6) is -1.42. The molecule has 1 unspecified atom stereocenters. The van der Waals surface area contributed by atoms with Crippen molar-refractivity contribution in [2.24, 2.45) is 0 Å². The Bertz CT molecular complexity index is 707. The number of aliphatic carboxylic acids is 1. The maximum absolute atomic E-state index is 12.3. The number of methoxy groups -OCH3 is 1. The second-order valence-corrected chi connectivity index (χ2v) is 5.23. The van der Waals surface area contributed by atoms with Crippen LogP contribution < -0.4 is 5.32 Å². The van der Waals surface area contributed by atoms with Crippen molar-refractivity contribution < 1.29 is 19.4 Å². The molecule has 0 aliphatic heterocycles. The van der Waals surface area contributed by atoms with Crippen LogP contribution in [-0.2, 0) is 9.53 Å². The molecule has 0 fully saturated rings. The molecule has 0 saturated heterocycles. The fourth-order valence-corrected chi connectivity index (χ4v) is 2.52. The molecule has 2 N–H and O–H groups in total. The average molecular weight is 316 g/mol. The molecule has 6 heteroatoms. The Hall–Kier alpha value is -2.60. The third-order valence-electron chi connectivity index (χ3n) is 3.70. The smallest absolute Gasteiger partial charge is 0.334 e. The molecule has 122 valence electrons. The van der Waals surface area contributed by atoms with E-state index in [1.807, 2.05) is 48.7 Å². The lowest BCUT2D eigenvalue weighted by molar-refractivity contribution is -0.148. The number of aromatic nitrogens is 1. The number of para-hydroxylation sites is 1. The number of nitrogens with one attached hydrogen (secondary N) is 1. The lowest BCUT2D eigenvalue weighted by Crippen LogP contribution is -2.37. The first kappa shape index (κ1) is 16.8. The summed E-state index contributed by atoms with van der Waals surface area (Å²) in [7, 11) is 1.30. The summed E-state index contributed by atoms with van der Waals surface area (Å²) in [6, 6.07) is 11.5. The van der Waals surface area contributed by atoms with Gasteiger partial charge in [0.15, 0.2) is 6.10 Å². The number of nitrogens with zero attached hydrogens (tertiary/aromatic N) is 1. The number of hydrogen-bond acceptors (Lipinski definition) is 3. The third-order valence-corrected chi connectivity index (χ3v) is 3.70. The van der Waals surface area contributed by atoms with E-state index < -0.39 is 12.1 Å². The average Bonchev–Trinajstić information content (AvgIpc) is 2.83. The second-order valence-electron chi connectivity index (χ2n) is 5.23. The molecule has 0 bridgehead atoms. The fourth-order valence-electron chi connectivity index (χ4n) is 2.52. The molecule has 6 nitrogen and oxygen atoms in total. The van der Waals surface area contributed by atoms with Gasteiger partial charge in [0.2, 0.25) is 0 Å². The molecule has 1 aromatic heterocycles. The topological polar surface area (TPSA) is 80.6 Å². The van der Waals surface area contributed by atoms with E-state index >= 15 is 0 Å². The molecule has 0 aliphatic rings. The minimum Gasteiger partial charge on any atom is -0.479 e. The molecule has 23 heavy (non-hydrogen) atoms. The van der Waals surface area contributed by atoms with Crippen molar-refractivity contribution in [3.8, 4) is 5.69 Å². The van der Waals surface area contributed by atoms with E-state index in [1.54, 1.807) is 6.07 Å². The highest BCUT2D eigenvalue weighted by Crippen LogP contribution is 2.20. The van der Waals surface area contributed by atoms with Gasteiger partial charge in [-0.05, 0) is 32.0 Å². The highest BCUT2D eigenvalue weighted by atomic mass is 16.5. The quantitative estimate of drug-likeness (QED) is 0.853. The van der Waals surface area contributed by atoms with Crippen LogP contribution in [0.3, 0.4) is 0 Å². The van der Waals surface area contributed by atoms with Crippen LogP contribution in [0.4, 0.5) is 0 Å². The zero-order valence-electron chi connectivity index (χ0n) is 13.4. The van der Waals surface area contributed by atoms with Crippen LogP contribution in [0.15, 0.2) is 36.4 Å². The molecular formula is C17H20N2O4. The van der Waals surface area contributed by atoms with Crippen molar-refractivity contribution >= 4 is 11.9 Å². The Balaban J connectivity index is 2.21. The number of carboxylic acids is 1. The summed E-state index contributed by atoms with van der Waals surface area (Å²) in [6.45, 7) is 3.70. The SMILES string of the molecule is COC(CNC(=O)c1cc(C)n(-c2ccccc2)c1C)C(=O)O. The Morgan fingerprint density at radius 1 is 1.26 bits per heavy atom. The standard InChI is InChI=1S/C17H20N2O4/c1-11-9-14(16(20)18-10-15(23-3)17(21)22)12(2)19(11)13-7-5-4-6-8-13/h4-9,15H,10H2,1-3H3,(H,18,20)(H,21,22). The molecule has 0 radical (unpaired) electrons. The molecule has 1 aromatic carbocycles. The summed E-state index contributed by atoms with van der Waals surface area (Å²) >= 11 is 0. The van der Waals surface area contributed by atoms with Gasteiger partial charge in [0.1, 0.15) is 0 Å². The zero-order valence-corrected chi connectivity index (χ0v) is 13.4. The van der Waals surface area contributed by atoms with Gasteiger partial charge >= 0.3 is 5.97 Å². The number of carbonyl (C=O) groups excluding carboxylic acids is 1. The number of benzene rings is 1. The van der Waals surface area contributed by atoms with Crippen molar-refractivity contribution in [3.63, 3.8) is 0 Å². The van der Waals surface area contributed by atoms with Gasteiger partial charge in [-0.25, -0.2) is 4.79 Å². The maximum atomic E-state index is 12.3. The molecule has 1 heterocycles. The molecule has 1 atom stereocenters. The lowest BCUT2D eigenvalue weighted by atomic mass is 10.2. The van der Waals surface area contributed by atoms with Crippen molar-refractivity contribution in [1.82, 2.24) is 9.88 Å². The minimum absolute atomic E-state index is 0.0837. The maximum Gasteiger partial charge on any atom is 0.334 e. The van der Waals surface area contributed by atoms with E-state index in [0.717, 1.165) is 17.1 Å². The van der Waals surface area contributed by atoms with E-state index in [4.69, 9.17) is 9.84 Å². The predicted octanol–water partition coefficient (Wildman–Crippen LogP) is 1.92. The summed E-state index contributed by atoms with van der Waals surface area (Å²) in [5, 5.41) is 11.5. The van der Waals surface area contributed by atoms with Crippen molar-refractivity contribution in [2.75, 3.05) is 13.7 Å².